The van der Waals surface area contributed by atoms with Crippen LogP contribution >= 0.6 is 0 Å². The third-order valence-corrected chi connectivity index (χ3v) is 1.66. The number of ketones is 1. The number of hydrogen-bond donors (Lipinski definition) is 1. The fraction of sp³-hybridized carbons (Fsp3) is 0.625. The third kappa shape index (κ3) is 1.87. The molecule has 1 heterocycles. The van der Waals surface area contributed by atoms with Gasteiger partial charge in [0, 0.05) is 11.7 Å². The highest BCUT2D eigenvalue weighted by molar-refractivity contribution is 5.87. The minimum atomic E-state index is 0.136. The monoisotopic (exact) mass is 139 g/mol. The molecule has 1 aliphatic rings. The molecule has 1 saturated heterocycles. The van der Waals surface area contributed by atoms with Crippen molar-refractivity contribution >= 4 is 5.78 Å². The van der Waals surface area contributed by atoms with Gasteiger partial charge in [-0.15, -0.1) is 0 Å². The van der Waals surface area contributed by atoms with Crippen molar-refractivity contribution in [2.45, 2.75) is 32.7 Å². The van der Waals surface area contributed by atoms with E-state index in [1.54, 1.807) is 13.0 Å². The van der Waals surface area contributed by atoms with Crippen LogP contribution in [-0.2, 0) is 4.79 Å². The van der Waals surface area contributed by atoms with Crippen molar-refractivity contribution in [1.29, 1.82) is 0 Å². The van der Waals surface area contributed by atoms with Crippen molar-refractivity contribution < 1.29 is 4.79 Å². The van der Waals surface area contributed by atoms with E-state index in [4.69, 9.17) is 0 Å². The van der Waals surface area contributed by atoms with Crippen molar-refractivity contribution in [3.63, 3.8) is 0 Å². The van der Waals surface area contributed by atoms with Gasteiger partial charge in [-0.2, -0.15) is 0 Å². The molecule has 0 saturated carbocycles. The number of nitrogens with one attached hydrogen (secondary N) is 1. The maximum Gasteiger partial charge on any atom is 0.154 e. The second-order valence-electron chi connectivity index (χ2n) is 2.86. The number of carbonyl (C=O) groups excluding carboxylic acids is 1. The van der Waals surface area contributed by atoms with Gasteiger partial charge >= 0.3 is 0 Å². The summed E-state index contributed by atoms with van der Waals surface area (Å²) in [4.78, 5) is 10.6. The largest absolute Gasteiger partial charge is 0.386 e. The molecular formula is C8H13NO. The Morgan fingerprint density at radius 3 is 2.90 bits per heavy atom. The molecule has 2 heteroatoms. The normalized spacial score (nSPS) is 28.6. The van der Waals surface area contributed by atoms with Gasteiger partial charge in [0.25, 0.3) is 0 Å². The lowest BCUT2D eigenvalue weighted by Crippen LogP contribution is -2.15. The molecule has 0 aromatic heterocycles. The smallest absolute Gasteiger partial charge is 0.154 e. The SMILES string of the molecule is CC(=O)/C=C1/CCC(C)N1. The van der Waals surface area contributed by atoms with Crippen LogP contribution < -0.4 is 5.32 Å². The molecule has 1 N–H and O–H groups in total. The highest BCUT2D eigenvalue weighted by Gasteiger charge is 2.12. The predicted molar refractivity (Wildman–Crippen MR) is 40.6 cm³/mol. The van der Waals surface area contributed by atoms with E-state index < -0.39 is 0 Å². The zero-order valence-electron chi connectivity index (χ0n) is 6.48. The van der Waals surface area contributed by atoms with Gasteiger partial charge in [0.05, 0.1) is 0 Å². The molecule has 0 aliphatic carbocycles. The molecule has 2 nitrogen and oxygen atoms in total. The quantitative estimate of drug-likeness (QED) is 0.553. The van der Waals surface area contributed by atoms with Gasteiger partial charge in [0.2, 0.25) is 0 Å². The lowest BCUT2D eigenvalue weighted by molar-refractivity contribution is -0.112. The highest BCUT2D eigenvalue weighted by Crippen LogP contribution is 2.14. The molecule has 0 bridgehead atoms. The van der Waals surface area contributed by atoms with Crippen molar-refractivity contribution in [2.24, 2.45) is 0 Å². The molecule has 0 spiro atoms. The van der Waals surface area contributed by atoms with Crippen LogP contribution in [0.1, 0.15) is 26.7 Å². The van der Waals surface area contributed by atoms with E-state index in [0.717, 1.165) is 18.5 Å². The second kappa shape index (κ2) is 2.86. The first-order valence-electron chi connectivity index (χ1n) is 3.66. The van der Waals surface area contributed by atoms with Gasteiger partial charge in [-0.05, 0) is 32.8 Å². The predicted octanol–water partition coefficient (Wildman–Crippen LogP) is 1.23. The summed E-state index contributed by atoms with van der Waals surface area (Å²) >= 11 is 0. The Kier molecular flexibility index (Phi) is 2.10. The Balaban J connectivity index is 2.51. The van der Waals surface area contributed by atoms with Crippen LogP contribution in [0, 0.1) is 0 Å². The van der Waals surface area contributed by atoms with Crippen LogP contribution in [0.2, 0.25) is 0 Å². The molecule has 56 valence electrons. The summed E-state index contributed by atoms with van der Waals surface area (Å²) in [5, 5.41) is 3.23. The molecule has 1 unspecified atom stereocenters. The van der Waals surface area contributed by atoms with Gasteiger partial charge in [0.15, 0.2) is 5.78 Å². The van der Waals surface area contributed by atoms with Crippen LogP contribution in [0.15, 0.2) is 11.8 Å². The summed E-state index contributed by atoms with van der Waals surface area (Å²) in [6.07, 6.45) is 3.86. The number of carbonyl (C=O) groups is 1. The Hall–Kier alpha value is -0.790. The maximum atomic E-state index is 10.6. The Morgan fingerprint density at radius 1 is 1.80 bits per heavy atom. The molecular weight excluding hydrogens is 126 g/mol. The zero-order valence-corrected chi connectivity index (χ0v) is 6.48. The summed E-state index contributed by atoms with van der Waals surface area (Å²) in [6, 6.07) is 0.547. The molecule has 0 amide bonds. The Labute approximate surface area is 61.3 Å². The van der Waals surface area contributed by atoms with E-state index in [1.807, 2.05) is 0 Å². The third-order valence-electron chi connectivity index (χ3n) is 1.66. The molecule has 1 aliphatic heterocycles. The molecule has 1 atom stereocenters. The summed E-state index contributed by atoms with van der Waals surface area (Å²) in [7, 11) is 0. The summed E-state index contributed by atoms with van der Waals surface area (Å²) < 4.78 is 0. The average molecular weight is 139 g/mol. The van der Waals surface area contributed by atoms with E-state index in [9.17, 15) is 4.79 Å². The molecule has 1 fully saturated rings. The van der Waals surface area contributed by atoms with Gasteiger partial charge in [-0.1, -0.05) is 0 Å². The minimum absolute atomic E-state index is 0.136. The molecule has 0 radical (unpaired) electrons. The van der Waals surface area contributed by atoms with Crippen LogP contribution in [0.3, 0.4) is 0 Å². The lowest BCUT2D eigenvalue weighted by atomic mass is 10.2. The van der Waals surface area contributed by atoms with Crippen molar-refractivity contribution in [2.75, 3.05) is 0 Å². The van der Waals surface area contributed by atoms with Crippen LogP contribution in [0.4, 0.5) is 0 Å². The number of hydrogen-bond acceptors (Lipinski definition) is 2. The fourth-order valence-electron chi connectivity index (χ4n) is 1.19. The number of rotatable bonds is 1. The average Bonchev–Trinajstić information content (AvgIpc) is 2.13. The highest BCUT2D eigenvalue weighted by atomic mass is 16.1. The van der Waals surface area contributed by atoms with Crippen molar-refractivity contribution in [1.82, 2.24) is 5.32 Å². The Morgan fingerprint density at radius 2 is 2.50 bits per heavy atom. The van der Waals surface area contributed by atoms with Crippen LogP contribution in [0.5, 0.6) is 0 Å². The van der Waals surface area contributed by atoms with Crippen LogP contribution in [-0.4, -0.2) is 11.8 Å². The first-order chi connectivity index (χ1) is 4.68. The van der Waals surface area contributed by atoms with Gasteiger partial charge in [-0.3, -0.25) is 4.79 Å². The molecule has 0 aromatic carbocycles. The van der Waals surface area contributed by atoms with E-state index in [2.05, 4.69) is 12.2 Å². The summed E-state index contributed by atoms with van der Waals surface area (Å²) in [5.41, 5.74) is 1.10. The summed E-state index contributed by atoms with van der Waals surface area (Å²) in [5.74, 6) is 0.136. The van der Waals surface area contributed by atoms with Gasteiger partial charge in [-0.25, -0.2) is 0 Å². The van der Waals surface area contributed by atoms with E-state index >= 15 is 0 Å². The second-order valence-corrected chi connectivity index (χ2v) is 2.86. The zero-order chi connectivity index (χ0) is 7.56. The Bertz CT molecular complexity index is 172. The van der Waals surface area contributed by atoms with E-state index in [-0.39, 0.29) is 5.78 Å². The van der Waals surface area contributed by atoms with Crippen LogP contribution in [0.25, 0.3) is 0 Å². The van der Waals surface area contributed by atoms with Gasteiger partial charge < -0.3 is 5.32 Å². The minimum Gasteiger partial charge on any atom is -0.386 e. The van der Waals surface area contributed by atoms with Gasteiger partial charge in [0.1, 0.15) is 0 Å². The summed E-state index contributed by atoms with van der Waals surface area (Å²) in [6.45, 7) is 3.71. The molecule has 0 aromatic rings. The molecule has 10 heavy (non-hydrogen) atoms. The molecule has 1 rings (SSSR count). The first-order valence-corrected chi connectivity index (χ1v) is 3.66. The van der Waals surface area contributed by atoms with E-state index in [1.165, 1.54) is 0 Å². The lowest BCUT2D eigenvalue weighted by Gasteiger charge is -2.01. The fourth-order valence-corrected chi connectivity index (χ4v) is 1.19. The van der Waals surface area contributed by atoms with Crippen molar-refractivity contribution in [3.8, 4) is 0 Å². The maximum absolute atomic E-state index is 10.6. The van der Waals surface area contributed by atoms with E-state index in [0.29, 0.717) is 6.04 Å². The topological polar surface area (TPSA) is 29.1 Å². The first kappa shape index (κ1) is 7.32. The standard InChI is InChI=1S/C8H13NO/c1-6-3-4-8(9-6)5-7(2)10/h5-6,9H,3-4H2,1-2H3/b8-5-. The van der Waals surface area contributed by atoms with Crippen molar-refractivity contribution in [3.05, 3.63) is 11.8 Å². The number of allylic oxidation sites excluding steroid dienone is 2.